The normalized spacial score (nSPS) is 16.0. The standard InChI is InChI=1S/C15H20N2OS/c16-15(19)12-8-6-11(7-9-12)10-14(18)17-13-4-2-1-3-5-13/h6-9,13H,1-5,10H2,(H2,16,19)(H,17,18). The van der Waals surface area contributed by atoms with E-state index in [-0.39, 0.29) is 5.91 Å². The molecule has 102 valence electrons. The van der Waals surface area contributed by atoms with Crippen LogP contribution in [0.4, 0.5) is 0 Å². The minimum Gasteiger partial charge on any atom is -0.389 e. The zero-order chi connectivity index (χ0) is 13.7. The molecule has 4 heteroatoms. The molecule has 19 heavy (non-hydrogen) atoms. The molecule has 0 aromatic heterocycles. The van der Waals surface area contributed by atoms with E-state index in [0.29, 0.717) is 17.5 Å². The number of rotatable bonds is 4. The number of thiocarbonyl (C=S) groups is 1. The van der Waals surface area contributed by atoms with Gasteiger partial charge in [-0.2, -0.15) is 0 Å². The van der Waals surface area contributed by atoms with E-state index in [9.17, 15) is 4.79 Å². The van der Waals surface area contributed by atoms with E-state index < -0.39 is 0 Å². The molecule has 3 N–H and O–H groups in total. The number of carbonyl (C=O) groups excluding carboxylic acids is 1. The van der Waals surface area contributed by atoms with Crippen molar-refractivity contribution < 1.29 is 4.79 Å². The van der Waals surface area contributed by atoms with Crippen molar-refractivity contribution in [3.8, 4) is 0 Å². The van der Waals surface area contributed by atoms with Gasteiger partial charge in [0.05, 0.1) is 6.42 Å². The highest BCUT2D eigenvalue weighted by Gasteiger charge is 2.15. The van der Waals surface area contributed by atoms with E-state index in [0.717, 1.165) is 24.0 Å². The fourth-order valence-corrected chi connectivity index (χ4v) is 2.63. The lowest BCUT2D eigenvalue weighted by Gasteiger charge is -2.22. The van der Waals surface area contributed by atoms with Crippen LogP contribution >= 0.6 is 12.2 Å². The molecule has 0 bridgehead atoms. The van der Waals surface area contributed by atoms with Crippen LogP contribution in [0.3, 0.4) is 0 Å². The van der Waals surface area contributed by atoms with Crippen LogP contribution in [-0.2, 0) is 11.2 Å². The van der Waals surface area contributed by atoms with Gasteiger partial charge in [0.15, 0.2) is 0 Å². The van der Waals surface area contributed by atoms with Gasteiger partial charge in [0.2, 0.25) is 5.91 Å². The smallest absolute Gasteiger partial charge is 0.224 e. The SMILES string of the molecule is NC(=S)c1ccc(CC(=O)NC2CCCCC2)cc1. The second-order valence-electron chi connectivity index (χ2n) is 5.14. The Labute approximate surface area is 119 Å². The summed E-state index contributed by atoms with van der Waals surface area (Å²) < 4.78 is 0. The lowest BCUT2D eigenvalue weighted by atomic mass is 9.95. The number of nitrogens with two attached hydrogens (primary N) is 1. The van der Waals surface area contributed by atoms with Gasteiger partial charge < -0.3 is 11.1 Å². The Kier molecular flexibility index (Phi) is 4.91. The van der Waals surface area contributed by atoms with E-state index in [1.165, 1.54) is 19.3 Å². The minimum absolute atomic E-state index is 0.106. The van der Waals surface area contributed by atoms with Gasteiger partial charge in [0.25, 0.3) is 0 Å². The molecule has 3 nitrogen and oxygen atoms in total. The highest BCUT2D eigenvalue weighted by Crippen LogP contribution is 2.17. The number of carbonyl (C=O) groups is 1. The zero-order valence-corrected chi connectivity index (χ0v) is 11.8. The summed E-state index contributed by atoms with van der Waals surface area (Å²) in [6.45, 7) is 0. The Morgan fingerprint density at radius 2 is 1.84 bits per heavy atom. The van der Waals surface area contributed by atoms with E-state index >= 15 is 0 Å². The van der Waals surface area contributed by atoms with E-state index in [2.05, 4.69) is 5.32 Å². The van der Waals surface area contributed by atoms with Crippen LogP contribution in [-0.4, -0.2) is 16.9 Å². The number of hydrogen-bond donors (Lipinski definition) is 2. The average Bonchev–Trinajstić information content (AvgIpc) is 2.40. The predicted molar refractivity (Wildman–Crippen MR) is 81.0 cm³/mol. The van der Waals surface area contributed by atoms with Gasteiger partial charge in [0.1, 0.15) is 4.99 Å². The van der Waals surface area contributed by atoms with Crippen molar-refractivity contribution in [2.75, 3.05) is 0 Å². The van der Waals surface area contributed by atoms with E-state index in [4.69, 9.17) is 18.0 Å². The molecule has 2 rings (SSSR count). The Balaban J connectivity index is 1.85. The molecule has 1 aromatic carbocycles. The maximum absolute atomic E-state index is 11.9. The van der Waals surface area contributed by atoms with Crippen molar-refractivity contribution >= 4 is 23.1 Å². The van der Waals surface area contributed by atoms with Gasteiger partial charge in [-0.25, -0.2) is 0 Å². The van der Waals surface area contributed by atoms with E-state index in [1.54, 1.807) is 0 Å². The topological polar surface area (TPSA) is 55.1 Å². The van der Waals surface area contributed by atoms with Crippen molar-refractivity contribution in [2.24, 2.45) is 5.73 Å². The maximum Gasteiger partial charge on any atom is 0.224 e. The number of amides is 1. The molecule has 0 atom stereocenters. The molecule has 0 radical (unpaired) electrons. The summed E-state index contributed by atoms with van der Waals surface area (Å²) in [7, 11) is 0. The summed E-state index contributed by atoms with van der Waals surface area (Å²) in [5.41, 5.74) is 7.37. The van der Waals surface area contributed by atoms with Gasteiger partial charge in [0, 0.05) is 11.6 Å². The summed E-state index contributed by atoms with van der Waals surface area (Å²) in [5.74, 6) is 0.106. The fourth-order valence-electron chi connectivity index (χ4n) is 2.50. The summed E-state index contributed by atoms with van der Waals surface area (Å²) in [6, 6.07) is 7.93. The third-order valence-corrected chi connectivity index (χ3v) is 3.81. The third kappa shape index (κ3) is 4.31. The van der Waals surface area contributed by atoms with Crippen LogP contribution in [0.2, 0.25) is 0 Å². The van der Waals surface area contributed by atoms with Crippen LogP contribution in [0.15, 0.2) is 24.3 Å². The first-order valence-electron chi connectivity index (χ1n) is 6.83. The largest absolute Gasteiger partial charge is 0.389 e. The van der Waals surface area contributed by atoms with Crippen molar-refractivity contribution in [2.45, 2.75) is 44.6 Å². The third-order valence-electron chi connectivity index (χ3n) is 3.57. The van der Waals surface area contributed by atoms with Crippen LogP contribution in [0.5, 0.6) is 0 Å². The molecule has 1 saturated carbocycles. The van der Waals surface area contributed by atoms with Crippen LogP contribution < -0.4 is 11.1 Å². The monoisotopic (exact) mass is 276 g/mol. The Hall–Kier alpha value is -1.42. The molecule has 1 amide bonds. The number of hydrogen-bond acceptors (Lipinski definition) is 2. The molecular weight excluding hydrogens is 256 g/mol. The van der Waals surface area contributed by atoms with Gasteiger partial charge in [-0.3, -0.25) is 4.79 Å². The van der Waals surface area contributed by atoms with Crippen molar-refractivity contribution in [3.05, 3.63) is 35.4 Å². The van der Waals surface area contributed by atoms with Crippen molar-refractivity contribution in [3.63, 3.8) is 0 Å². The highest BCUT2D eigenvalue weighted by atomic mass is 32.1. The lowest BCUT2D eigenvalue weighted by molar-refractivity contribution is -0.121. The Morgan fingerprint density at radius 3 is 2.42 bits per heavy atom. The lowest BCUT2D eigenvalue weighted by Crippen LogP contribution is -2.37. The summed E-state index contributed by atoms with van der Waals surface area (Å²) >= 11 is 4.90. The predicted octanol–water partition coefficient (Wildman–Crippen LogP) is 2.31. The molecule has 1 aliphatic rings. The van der Waals surface area contributed by atoms with Gasteiger partial charge >= 0.3 is 0 Å². The van der Waals surface area contributed by atoms with Crippen LogP contribution in [0.1, 0.15) is 43.2 Å². The first kappa shape index (κ1) is 14.0. The van der Waals surface area contributed by atoms with Crippen molar-refractivity contribution in [1.29, 1.82) is 0 Å². The van der Waals surface area contributed by atoms with E-state index in [1.807, 2.05) is 24.3 Å². The molecule has 1 aromatic rings. The van der Waals surface area contributed by atoms with Crippen LogP contribution in [0.25, 0.3) is 0 Å². The molecule has 0 saturated heterocycles. The molecule has 0 unspecified atom stereocenters. The first-order valence-corrected chi connectivity index (χ1v) is 7.24. The molecule has 0 spiro atoms. The molecule has 1 aliphatic carbocycles. The molecule has 1 fully saturated rings. The second kappa shape index (κ2) is 6.66. The summed E-state index contributed by atoms with van der Waals surface area (Å²) in [6.07, 6.45) is 6.42. The fraction of sp³-hybridized carbons (Fsp3) is 0.467. The Morgan fingerprint density at radius 1 is 1.21 bits per heavy atom. The quantitative estimate of drug-likeness (QED) is 0.830. The number of nitrogens with one attached hydrogen (secondary N) is 1. The van der Waals surface area contributed by atoms with Crippen LogP contribution in [0, 0.1) is 0 Å². The maximum atomic E-state index is 11.9. The van der Waals surface area contributed by atoms with Crippen molar-refractivity contribution in [1.82, 2.24) is 5.32 Å². The summed E-state index contributed by atoms with van der Waals surface area (Å²) in [4.78, 5) is 12.3. The first-order chi connectivity index (χ1) is 9.15. The average molecular weight is 276 g/mol. The summed E-state index contributed by atoms with van der Waals surface area (Å²) in [5, 5.41) is 3.12. The second-order valence-corrected chi connectivity index (χ2v) is 5.58. The highest BCUT2D eigenvalue weighted by molar-refractivity contribution is 7.80. The van der Waals surface area contributed by atoms with Gasteiger partial charge in [-0.05, 0) is 18.4 Å². The van der Waals surface area contributed by atoms with Gasteiger partial charge in [-0.15, -0.1) is 0 Å². The minimum atomic E-state index is 0.106. The molecule has 0 heterocycles. The zero-order valence-electron chi connectivity index (χ0n) is 11.0. The molecular formula is C15H20N2OS. The Bertz CT molecular complexity index is 450. The number of benzene rings is 1. The van der Waals surface area contributed by atoms with Gasteiger partial charge in [-0.1, -0.05) is 55.7 Å². The molecule has 0 aliphatic heterocycles.